The second-order valence-corrected chi connectivity index (χ2v) is 8.66. The maximum atomic E-state index is 12.3. The number of nitrogens with one attached hydrogen (secondary N) is 2. The quantitative estimate of drug-likeness (QED) is 0.566. The summed E-state index contributed by atoms with van der Waals surface area (Å²) in [5.41, 5.74) is 5.09. The summed E-state index contributed by atoms with van der Waals surface area (Å²) in [7, 11) is 0. The monoisotopic (exact) mass is 521 g/mol. The van der Waals surface area contributed by atoms with E-state index < -0.39 is 36.2 Å². The fourth-order valence-corrected chi connectivity index (χ4v) is 3.84. The molecule has 0 aromatic heterocycles. The fourth-order valence-electron chi connectivity index (χ4n) is 3.16. The van der Waals surface area contributed by atoms with Gasteiger partial charge in [0.1, 0.15) is 0 Å². The van der Waals surface area contributed by atoms with Gasteiger partial charge in [-0.25, -0.2) is 0 Å². The van der Waals surface area contributed by atoms with Gasteiger partial charge < -0.3 is 10.1 Å². The molecule has 0 saturated carbocycles. The van der Waals surface area contributed by atoms with Crippen LogP contribution in [0.5, 0.6) is 0 Å². The number of benzene rings is 2. The van der Waals surface area contributed by atoms with Gasteiger partial charge in [0.2, 0.25) is 5.91 Å². The number of halogens is 2. The Morgan fingerprint density at radius 3 is 2.62 bits per heavy atom. The predicted octanol–water partition coefficient (Wildman–Crippen LogP) is 3.39. The molecule has 1 saturated heterocycles. The third-order valence-electron chi connectivity index (χ3n) is 4.94. The predicted molar refractivity (Wildman–Crippen MR) is 122 cm³/mol. The zero-order chi connectivity index (χ0) is 23.4. The first-order chi connectivity index (χ1) is 15.2. The van der Waals surface area contributed by atoms with Crippen molar-refractivity contribution in [1.29, 1.82) is 0 Å². The number of ether oxygens (including phenoxy) is 1. The molecule has 2 N–H and O–H groups in total. The van der Waals surface area contributed by atoms with Crippen molar-refractivity contribution >= 4 is 56.9 Å². The van der Waals surface area contributed by atoms with Gasteiger partial charge in [0.15, 0.2) is 6.61 Å². The highest BCUT2D eigenvalue weighted by molar-refractivity contribution is 9.10. The summed E-state index contributed by atoms with van der Waals surface area (Å²) in [6.45, 7) is 3.21. The van der Waals surface area contributed by atoms with Crippen molar-refractivity contribution < 1.29 is 23.9 Å². The molecule has 8 nitrogen and oxygen atoms in total. The Morgan fingerprint density at radius 1 is 1.19 bits per heavy atom. The van der Waals surface area contributed by atoms with Crippen molar-refractivity contribution in [2.75, 3.05) is 18.5 Å². The normalized spacial score (nSPS) is 15.4. The van der Waals surface area contributed by atoms with E-state index in [1.54, 1.807) is 18.2 Å². The van der Waals surface area contributed by atoms with Gasteiger partial charge in [-0.05, 0) is 49.2 Å². The molecule has 0 spiro atoms. The van der Waals surface area contributed by atoms with Crippen molar-refractivity contribution in [3.8, 4) is 0 Å². The van der Waals surface area contributed by atoms with Gasteiger partial charge in [-0.2, -0.15) is 0 Å². The molecular formula is C22H21BrClN3O5. The molecule has 0 bridgehead atoms. The molecule has 32 heavy (non-hydrogen) atoms. The maximum absolute atomic E-state index is 12.3. The molecule has 2 aromatic carbocycles. The van der Waals surface area contributed by atoms with Crippen LogP contribution in [0, 0.1) is 19.8 Å². The molecule has 1 atom stereocenters. The van der Waals surface area contributed by atoms with Gasteiger partial charge in [0.05, 0.1) is 23.0 Å². The molecule has 1 fully saturated rings. The van der Waals surface area contributed by atoms with E-state index in [-0.39, 0.29) is 23.6 Å². The first-order valence-electron chi connectivity index (χ1n) is 9.75. The number of hydrazine groups is 1. The Morgan fingerprint density at radius 2 is 1.91 bits per heavy atom. The van der Waals surface area contributed by atoms with Gasteiger partial charge in [-0.3, -0.25) is 29.6 Å². The van der Waals surface area contributed by atoms with E-state index in [0.717, 1.165) is 20.6 Å². The molecule has 1 aliphatic rings. The first kappa shape index (κ1) is 23.7. The van der Waals surface area contributed by atoms with Crippen molar-refractivity contribution in [1.82, 2.24) is 10.4 Å². The van der Waals surface area contributed by atoms with E-state index in [1.165, 1.54) is 6.07 Å². The molecule has 3 amide bonds. The number of nitrogens with zero attached hydrogens (tertiary/aromatic N) is 1. The Labute approximate surface area is 198 Å². The van der Waals surface area contributed by atoms with Crippen LogP contribution in [-0.2, 0) is 19.1 Å². The van der Waals surface area contributed by atoms with Gasteiger partial charge in [-0.1, -0.05) is 39.7 Å². The molecule has 1 heterocycles. The average Bonchev–Trinajstić information content (AvgIpc) is 3.10. The van der Waals surface area contributed by atoms with Gasteiger partial charge in [-0.15, -0.1) is 0 Å². The summed E-state index contributed by atoms with van der Waals surface area (Å²) in [6.07, 6.45) is -0.131. The number of hydrogen-bond acceptors (Lipinski definition) is 5. The smallest absolute Gasteiger partial charge is 0.311 e. The standard InChI is InChI=1S/C22H21BrClN3O5/c1-12-8-18(13(2)7-16(12)23)25-19(28)11-32-22(31)14-9-20(29)27(10-14)26-21(30)15-5-3-4-6-17(15)24/h3-8,14H,9-11H2,1-2H3,(H,25,28)(H,26,30)/t14-/m0/s1. The van der Waals surface area contributed by atoms with Gasteiger partial charge in [0, 0.05) is 16.6 Å². The maximum Gasteiger partial charge on any atom is 0.311 e. The molecule has 10 heteroatoms. The second-order valence-electron chi connectivity index (χ2n) is 7.40. The third-order valence-corrected chi connectivity index (χ3v) is 6.12. The SMILES string of the molecule is Cc1cc(NC(=O)COC(=O)[C@H]2CC(=O)N(NC(=O)c3ccccc3Cl)C2)c(C)cc1Br. The van der Waals surface area contributed by atoms with Crippen LogP contribution >= 0.6 is 27.5 Å². The van der Waals surface area contributed by atoms with E-state index in [2.05, 4.69) is 26.7 Å². The lowest BCUT2D eigenvalue weighted by Gasteiger charge is -2.18. The minimum atomic E-state index is -0.793. The first-order valence-corrected chi connectivity index (χ1v) is 10.9. The number of hydrogen-bond donors (Lipinski definition) is 2. The van der Waals surface area contributed by atoms with Crippen LogP contribution in [0.15, 0.2) is 40.9 Å². The van der Waals surface area contributed by atoms with Crippen LogP contribution in [0.1, 0.15) is 27.9 Å². The van der Waals surface area contributed by atoms with Crippen molar-refractivity contribution in [2.24, 2.45) is 5.92 Å². The fraction of sp³-hybridized carbons (Fsp3) is 0.273. The van der Waals surface area contributed by atoms with E-state index in [1.807, 2.05) is 26.0 Å². The lowest BCUT2D eigenvalue weighted by atomic mass is 10.1. The van der Waals surface area contributed by atoms with Crippen LogP contribution < -0.4 is 10.7 Å². The van der Waals surface area contributed by atoms with Gasteiger partial charge in [0.25, 0.3) is 11.8 Å². The van der Waals surface area contributed by atoms with E-state index >= 15 is 0 Å². The van der Waals surface area contributed by atoms with Crippen LogP contribution in [0.2, 0.25) is 5.02 Å². The topological polar surface area (TPSA) is 105 Å². The largest absolute Gasteiger partial charge is 0.455 e. The number of rotatable bonds is 6. The Bertz CT molecular complexity index is 1090. The Kier molecular flexibility index (Phi) is 7.52. The van der Waals surface area contributed by atoms with Crippen LogP contribution in [0.3, 0.4) is 0 Å². The van der Waals surface area contributed by atoms with Crippen molar-refractivity contribution in [3.05, 3.63) is 62.6 Å². The lowest BCUT2D eigenvalue weighted by molar-refractivity contribution is -0.151. The van der Waals surface area contributed by atoms with Crippen molar-refractivity contribution in [3.63, 3.8) is 0 Å². The number of carbonyl (C=O) groups is 4. The summed E-state index contributed by atoms with van der Waals surface area (Å²) < 4.78 is 6.01. The Balaban J connectivity index is 1.51. The van der Waals surface area contributed by atoms with E-state index in [9.17, 15) is 19.2 Å². The second kappa shape index (κ2) is 10.1. The van der Waals surface area contributed by atoms with Crippen LogP contribution in [0.4, 0.5) is 5.69 Å². The zero-order valence-corrected chi connectivity index (χ0v) is 19.7. The average molecular weight is 523 g/mol. The summed E-state index contributed by atoms with van der Waals surface area (Å²) in [5.74, 6) is -2.96. The minimum absolute atomic E-state index is 0.0551. The van der Waals surface area contributed by atoms with E-state index in [0.29, 0.717) is 5.69 Å². The molecule has 0 unspecified atom stereocenters. The summed E-state index contributed by atoms with van der Waals surface area (Å²) in [5, 5.41) is 4.01. The zero-order valence-electron chi connectivity index (χ0n) is 17.4. The van der Waals surface area contributed by atoms with Crippen LogP contribution in [0.25, 0.3) is 0 Å². The minimum Gasteiger partial charge on any atom is -0.455 e. The molecule has 0 radical (unpaired) electrons. The number of aryl methyl sites for hydroxylation is 2. The third kappa shape index (κ3) is 5.66. The molecule has 0 aliphatic carbocycles. The molecule has 2 aromatic rings. The number of esters is 1. The summed E-state index contributed by atoms with van der Waals surface area (Å²) >= 11 is 9.43. The van der Waals surface area contributed by atoms with Gasteiger partial charge >= 0.3 is 5.97 Å². The highest BCUT2D eigenvalue weighted by atomic mass is 79.9. The lowest BCUT2D eigenvalue weighted by Crippen LogP contribution is -2.43. The summed E-state index contributed by atoms with van der Waals surface area (Å²) in [4.78, 5) is 49.1. The number of anilines is 1. The van der Waals surface area contributed by atoms with Crippen LogP contribution in [-0.4, -0.2) is 41.9 Å². The van der Waals surface area contributed by atoms with E-state index in [4.69, 9.17) is 16.3 Å². The van der Waals surface area contributed by atoms with Crippen molar-refractivity contribution in [2.45, 2.75) is 20.3 Å². The molecular weight excluding hydrogens is 502 g/mol. The molecule has 3 rings (SSSR count). The molecule has 1 aliphatic heterocycles. The number of amides is 3. The highest BCUT2D eigenvalue weighted by Gasteiger charge is 2.37. The highest BCUT2D eigenvalue weighted by Crippen LogP contribution is 2.24. The number of carbonyl (C=O) groups excluding carboxylic acids is 4. The Hall–Kier alpha value is -2.91. The molecule has 168 valence electrons. The summed E-state index contributed by atoms with van der Waals surface area (Å²) in [6, 6.07) is 10.1.